The molecule has 2 saturated carbocycles. The van der Waals surface area contributed by atoms with Gasteiger partial charge in [0, 0.05) is 51.4 Å². The van der Waals surface area contributed by atoms with E-state index in [-0.39, 0.29) is 43.0 Å². The number of hydrogen-bond acceptors (Lipinski definition) is 6. The number of likely N-dealkylation sites (N-methyl/N-ethyl adjacent to an activating group) is 2. The highest BCUT2D eigenvalue weighted by atomic mass is 16.6. The summed E-state index contributed by atoms with van der Waals surface area (Å²) in [5, 5.41) is 18.3. The van der Waals surface area contributed by atoms with Gasteiger partial charge in [0.1, 0.15) is 23.8 Å². The summed E-state index contributed by atoms with van der Waals surface area (Å²) >= 11 is 0. The molecule has 1 unspecified atom stereocenters. The van der Waals surface area contributed by atoms with Crippen molar-refractivity contribution in [3.8, 4) is 11.5 Å². The van der Waals surface area contributed by atoms with Gasteiger partial charge in [-0.05, 0) is 55.2 Å². The third kappa shape index (κ3) is 4.98. The van der Waals surface area contributed by atoms with Crippen LogP contribution in [0.25, 0.3) is 0 Å². The van der Waals surface area contributed by atoms with Crippen LogP contribution in [0.3, 0.4) is 0 Å². The standard InChI is InChI=1S/C34H48N4O6/c1-20(2)17-25(36-22(4)39)31(40)35-14-15-37(5)32(41)43-26-10-9-24-18-27-34(42)12-11-21(3)30-33(34,28(24)29(26)44-30)13-16-38(27,6)19-23-7-8-23/h9-10,20,23,25,27,30,42H,3,7-8,11-19H2,1-2,4-6H3,(H-,35,36,39,40)/p+1/t25-,27+,30-,33-,34+,38?/m0/s1. The lowest BCUT2D eigenvalue weighted by atomic mass is 9.48. The minimum absolute atomic E-state index is 0.0926. The van der Waals surface area contributed by atoms with Crippen molar-refractivity contribution in [2.75, 3.05) is 40.3 Å². The van der Waals surface area contributed by atoms with Gasteiger partial charge in [-0.3, -0.25) is 9.59 Å². The lowest BCUT2D eigenvalue weighted by Crippen LogP contribution is -2.80. The van der Waals surface area contributed by atoms with Gasteiger partial charge in [0.15, 0.2) is 11.5 Å². The van der Waals surface area contributed by atoms with E-state index in [1.165, 1.54) is 30.2 Å². The molecule has 0 radical (unpaired) electrons. The molecule has 0 aromatic heterocycles. The van der Waals surface area contributed by atoms with Crippen LogP contribution >= 0.6 is 0 Å². The molecule has 1 spiro atoms. The van der Waals surface area contributed by atoms with Crippen molar-refractivity contribution in [2.45, 2.75) is 94.9 Å². The van der Waals surface area contributed by atoms with E-state index in [0.29, 0.717) is 24.3 Å². The van der Waals surface area contributed by atoms with Crippen LogP contribution in [0.4, 0.5) is 4.79 Å². The van der Waals surface area contributed by atoms with Gasteiger partial charge in [0.2, 0.25) is 11.8 Å². The topological polar surface area (TPSA) is 117 Å². The lowest BCUT2D eigenvalue weighted by Gasteiger charge is -2.65. The molecule has 44 heavy (non-hydrogen) atoms. The highest BCUT2D eigenvalue weighted by Gasteiger charge is 2.75. The molecular weight excluding hydrogens is 560 g/mol. The Morgan fingerprint density at radius 3 is 2.68 bits per heavy atom. The molecule has 3 aliphatic carbocycles. The highest BCUT2D eigenvalue weighted by Crippen LogP contribution is 2.67. The average molecular weight is 610 g/mol. The molecule has 10 heteroatoms. The van der Waals surface area contributed by atoms with Crippen molar-refractivity contribution in [3.05, 3.63) is 35.4 Å². The first kappa shape index (κ1) is 30.9. The van der Waals surface area contributed by atoms with E-state index in [1.54, 1.807) is 7.05 Å². The van der Waals surface area contributed by atoms with Crippen LogP contribution in [-0.2, 0) is 21.4 Å². The lowest BCUT2D eigenvalue weighted by molar-refractivity contribution is -0.950. The average Bonchev–Trinajstić information content (AvgIpc) is 3.68. The number of piperidine rings is 1. The van der Waals surface area contributed by atoms with Gasteiger partial charge in [-0.15, -0.1) is 0 Å². The van der Waals surface area contributed by atoms with E-state index >= 15 is 0 Å². The Morgan fingerprint density at radius 2 is 2.00 bits per heavy atom. The molecule has 3 amide bonds. The fourth-order valence-corrected chi connectivity index (χ4v) is 8.82. The third-order valence-corrected chi connectivity index (χ3v) is 11.1. The van der Waals surface area contributed by atoms with E-state index in [2.05, 4.69) is 30.3 Å². The maximum absolute atomic E-state index is 13.2. The number of nitrogens with zero attached hydrogens (tertiary/aromatic N) is 2. The van der Waals surface area contributed by atoms with Gasteiger partial charge in [-0.25, -0.2) is 4.79 Å². The molecule has 6 rings (SSSR count). The van der Waals surface area contributed by atoms with Crippen LogP contribution in [-0.4, -0.2) is 96.5 Å². The minimum Gasteiger partial charge on any atom is -0.481 e. The van der Waals surface area contributed by atoms with Crippen molar-refractivity contribution < 1.29 is 33.4 Å². The van der Waals surface area contributed by atoms with E-state index in [4.69, 9.17) is 9.47 Å². The summed E-state index contributed by atoms with van der Waals surface area (Å²) in [5.74, 6) is 1.36. The molecule has 6 atom stereocenters. The van der Waals surface area contributed by atoms with Gasteiger partial charge in [-0.2, -0.15) is 0 Å². The summed E-state index contributed by atoms with van der Waals surface area (Å²) in [7, 11) is 3.96. The molecule has 3 fully saturated rings. The van der Waals surface area contributed by atoms with Gasteiger partial charge >= 0.3 is 6.09 Å². The summed E-state index contributed by atoms with van der Waals surface area (Å²) in [6.45, 7) is 12.3. The molecule has 10 nitrogen and oxygen atoms in total. The Kier molecular flexibility index (Phi) is 7.76. The number of rotatable bonds is 10. The monoisotopic (exact) mass is 609 g/mol. The summed E-state index contributed by atoms with van der Waals surface area (Å²) in [6, 6.07) is 3.36. The van der Waals surface area contributed by atoms with Crippen LogP contribution in [0.5, 0.6) is 11.5 Å². The van der Waals surface area contributed by atoms with Gasteiger partial charge in [0.05, 0.1) is 25.6 Å². The molecule has 2 bridgehead atoms. The summed E-state index contributed by atoms with van der Waals surface area (Å²) < 4.78 is 13.5. The SMILES string of the molecule is C=C1CC[C@@]2(O)[C@H]3Cc4ccc(OC(=O)N(C)CCNC(=O)[C@H](CC(C)C)NC(C)=O)c5c4[C@@]2(CC[N+]3(C)CC2CC2)[C@H]1O5. The second kappa shape index (κ2) is 11.1. The first-order valence-electron chi connectivity index (χ1n) is 16.3. The van der Waals surface area contributed by atoms with Crippen LogP contribution in [0.15, 0.2) is 24.3 Å². The second-order valence-corrected chi connectivity index (χ2v) is 14.7. The number of quaternary nitrogens is 1. The predicted octanol–water partition coefficient (Wildman–Crippen LogP) is 3.05. The maximum atomic E-state index is 13.2. The van der Waals surface area contributed by atoms with Crippen molar-refractivity contribution in [3.63, 3.8) is 0 Å². The zero-order chi connectivity index (χ0) is 31.6. The number of ether oxygens (including phenoxy) is 2. The van der Waals surface area contributed by atoms with Crippen molar-refractivity contribution in [1.82, 2.24) is 15.5 Å². The van der Waals surface area contributed by atoms with Crippen molar-refractivity contribution >= 4 is 17.9 Å². The molecule has 1 aromatic rings. The first-order chi connectivity index (χ1) is 20.8. The Labute approximate surface area is 260 Å². The van der Waals surface area contributed by atoms with Crippen LogP contribution in [0, 0.1) is 11.8 Å². The minimum atomic E-state index is -0.915. The van der Waals surface area contributed by atoms with Gasteiger partial charge in [0.25, 0.3) is 0 Å². The third-order valence-electron chi connectivity index (χ3n) is 11.1. The predicted molar refractivity (Wildman–Crippen MR) is 165 cm³/mol. The molecule has 1 saturated heterocycles. The van der Waals surface area contributed by atoms with E-state index in [0.717, 1.165) is 53.9 Å². The molecule has 3 N–H and O–H groups in total. The van der Waals surface area contributed by atoms with Crippen LogP contribution in [0.2, 0.25) is 0 Å². The quantitative estimate of drug-likeness (QED) is 0.277. The molecule has 2 heterocycles. The summed E-state index contributed by atoms with van der Waals surface area (Å²) in [4.78, 5) is 38.9. The zero-order valence-corrected chi connectivity index (χ0v) is 26.9. The fraction of sp³-hybridized carbons (Fsp3) is 0.676. The molecule has 5 aliphatic rings. The van der Waals surface area contributed by atoms with Crippen LogP contribution in [0.1, 0.15) is 70.4 Å². The Morgan fingerprint density at radius 1 is 1.25 bits per heavy atom. The maximum Gasteiger partial charge on any atom is 0.415 e. The largest absolute Gasteiger partial charge is 0.481 e. The Bertz CT molecular complexity index is 1380. The van der Waals surface area contributed by atoms with Gasteiger partial charge < -0.3 is 34.6 Å². The normalized spacial score (nSPS) is 31.9. The molecular formula is C34H49N4O6+. The Balaban J connectivity index is 1.19. The fourth-order valence-electron chi connectivity index (χ4n) is 8.82. The number of aliphatic hydroxyl groups is 1. The number of likely N-dealkylation sites (tertiary alicyclic amines) is 1. The smallest absolute Gasteiger partial charge is 0.415 e. The second-order valence-electron chi connectivity index (χ2n) is 14.7. The number of carbonyl (C=O) groups is 3. The molecule has 2 aliphatic heterocycles. The van der Waals surface area contributed by atoms with Crippen LogP contribution < -0.4 is 20.1 Å². The van der Waals surface area contributed by atoms with E-state index in [9.17, 15) is 19.5 Å². The van der Waals surface area contributed by atoms with E-state index < -0.39 is 23.2 Å². The molecule has 1 aromatic carbocycles. The number of nitrogens with one attached hydrogen (secondary N) is 2. The van der Waals surface area contributed by atoms with Crippen molar-refractivity contribution in [2.24, 2.45) is 11.8 Å². The summed E-state index contributed by atoms with van der Waals surface area (Å²) in [6.07, 6.45) is 5.17. The van der Waals surface area contributed by atoms with E-state index in [1.807, 2.05) is 19.9 Å². The zero-order valence-electron chi connectivity index (χ0n) is 26.9. The number of benzene rings is 1. The van der Waals surface area contributed by atoms with Crippen molar-refractivity contribution in [1.29, 1.82) is 0 Å². The summed E-state index contributed by atoms with van der Waals surface area (Å²) in [5.41, 5.74) is 1.68. The highest BCUT2D eigenvalue weighted by molar-refractivity contribution is 5.86. The number of carbonyl (C=O) groups excluding carboxylic acids is 3. The molecule has 240 valence electrons. The number of hydrogen-bond donors (Lipinski definition) is 3. The first-order valence-corrected chi connectivity index (χ1v) is 16.3. The van der Waals surface area contributed by atoms with Gasteiger partial charge in [-0.1, -0.05) is 26.5 Å². The number of amides is 3. The Hall–Kier alpha value is -3.11.